The SMILES string of the molecule is CN(CC1CCCN1)C(=O)c1cccc2ncccc12. The van der Waals surface area contributed by atoms with Crippen molar-refractivity contribution in [3.05, 3.63) is 42.1 Å². The van der Waals surface area contributed by atoms with E-state index < -0.39 is 0 Å². The summed E-state index contributed by atoms with van der Waals surface area (Å²) in [7, 11) is 1.87. The average Bonchev–Trinajstić information content (AvgIpc) is 2.99. The number of aromatic nitrogens is 1. The van der Waals surface area contributed by atoms with Crippen LogP contribution in [0.4, 0.5) is 0 Å². The standard InChI is InChI=1S/C16H19N3O/c1-19(11-12-5-3-9-17-12)16(20)14-6-2-8-15-13(14)7-4-10-18-15/h2,4,6-8,10,12,17H,3,5,9,11H2,1H3. The van der Waals surface area contributed by atoms with Gasteiger partial charge in [0.15, 0.2) is 0 Å². The highest BCUT2D eigenvalue weighted by atomic mass is 16.2. The first-order valence-electron chi connectivity index (χ1n) is 7.08. The highest BCUT2D eigenvalue weighted by Crippen LogP contribution is 2.18. The number of likely N-dealkylation sites (N-methyl/N-ethyl adjacent to an activating group) is 1. The molecule has 1 saturated heterocycles. The molecule has 1 aliphatic rings. The Morgan fingerprint density at radius 3 is 3.10 bits per heavy atom. The number of hydrogen-bond donors (Lipinski definition) is 1. The zero-order chi connectivity index (χ0) is 13.9. The van der Waals surface area contributed by atoms with E-state index in [1.807, 2.05) is 42.3 Å². The van der Waals surface area contributed by atoms with E-state index in [0.29, 0.717) is 6.04 Å². The molecule has 0 radical (unpaired) electrons. The maximum atomic E-state index is 12.6. The number of hydrogen-bond acceptors (Lipinski definition) is 3. The fourth-order valence-electron chi connectivity index (χ4n) is 2.82. The zero-order valence-electron chi connectivity index (χ0n) is 11.7. The Hall–Kier alpha value is -1.94. The van der Waals surface area contributed by atoms with Gasteiger partial charge in [-0.3, -0.25) is 9.78 Å². The first-order valence-corrected chi connectivity index (χ1v) is 7.08. The van der Waals surface area contributed by atoms with E-state index in [4.69, 9.17) is 0 Å². The lowest BCUT2D eigenvalue weighted by atomic mass is 10.1. The highest BCUT2D eigenvalue weighted by molar-refractivity contribution is 6.06. The number of carbonyl (C=O) groups is 1. The molecule has 0 aliphatic carbocycles. The Kier molecular flexibility index (Phi) is 3.65. The lowest BCUT2D eigenvalue weighted by Gasteiger charge is -2.22. The molecule has 1 N–H and O–H groups in total. The molecule has 1 unspecified atom stereocenters. The number of amides is 1. The second-order valence-electron chi connectivity index (χ2n) is 5.35. The molecule has 0 saturated carbocycles. The van der Waals surface area contributed by atoms with Crippen molar-refractivity contribution in [1.82, 2.24) is 15.2 Å². The predicted octanol–water partition coefficient (Wildman–Crippen LogP) is 2.06. The first kappa shape index (κ1) is 13.1. The molecule has 4 heteroatoms. The van der Waals surface area contributed by atoms with Crippen LogP contribution in [0, 0.1) is 0 Å². The summed E-state index contributed by atoms with van der Waals surface area (Å²) in [4.78, 5) is 18.7. The largest absolute Gasteiger partial charge is 0.340 e. The summed E-state index contributed by atoms with van der Waals surface area (Å²) in [6.07, 6.45) is 4.10. The van der Waals surface area contributed by atoms with Crippen molar-refractivity contribution in [2.24, 2.45) is 0 Å². The highest BCUT2D eigenvalue weighted by Gasteiger charge is 2.20. The quantitative estimate of drug-likeness (QED) is 0.927. The number of fused-ring (bicyclic) bond motifs is 1. The molecule has 1 amide bonds. The van der Waals surface area contributed by atoms with Gasteiger partial charge in [0.05, 0.1) is 5.52 Å². The molecule has 1 aromatic carbocycles. The average molecular weight is 269 g/mol. The smallest absolute Gasteiger partial charge is 0.254 e. The van der Waals surface area contributed by atoms with Gasteiger partial charge in [-0.1, -0.05) is 12.1 Å². The van der Waals surface area contributed by atoms with Crippen LogP contribution in [0.5, 0.6) is 0 Å². The molecular weight excluding hydrogens is 250 g/mol. The van der Waals surface area contributed by atoms with Crippen LogP contribution in [0.15, 0.2) is 36.5 Å². The molecule has 1 aliphatic heterocycles. The minimum atomic E-state index is 0.0669. The molecule has 104 valence electrons. The third kappa shape index (κ3) is 2.51. The van der Waals surface area contributed by atoms with E-state index >= 15 is 0 Å². The lowest BCUT2D eigenvalue weighted by Crippen LogP contribution is -2.38. The van der Waals surface area contributed by atoms with Crippen LogP contribution >= 0.6 is 0 Å². The minimum absolute atomic E-state index is 0.0669. The number of carbonyl (C=O) groups excluding carboxylic acids is 1. The monoisotopic (exact) mass is 269 g/mol. The van der Waals surface area contributed by atoms with E-state index in [2.05, 4.69) is 10.3 Å². The molecule has 2 heterocycles. The van der Waals surface area contributed by atoms with Crippen LogP contribution in [0.1, 0.15) is 23.2 Å². The molecule has 2 aromatic rings. The summed E-state index contributed by atoms with van der Waals surface area (Å²) >= 11 is 0. The van der Waals surface area contributed by atoms with Crippen molar-refractivity contribution < 1.29 is 4.79 Å². The summed E-state index contributed by atoms with van der Waals surface area (Å²) < 4.78 is 0. The molecule has 3 rings (SSSR count). The van der Waals surface area contributed by atoms with E-state index in [9.17, 15) is 4.79 Å². The number of pyridine rings is 1. The molecule has 1 aromatic heterocycles. The molecule has 0 spiro atoms. The third-order valence-electron chi connectivity index (χ3n) is 3.88. The van der Waals surface area contributed by atoms with Crippen molar-refractivity contribution >= 4 is 16.8 Å². The van der Waals surface area contributed by atoms with Gasteiger partial charge in [-0.15, -0.1) is 0 Å². The van der Waals surface area contributed by atoms with Gasteiger partial charge in [0.1, 0.15) is 0 Å². The van der Waals surface area contributed by atoms with Crippen LogP contribution in [-0.2, 0) is 0 Å². The van der Waals surface area contributed by atoms with Crippen LogP contribution in [-0.4, -0.2) is 42.0 Å². The number of rotatable bonds is 3. The van der Waals surface area contributed by atoms with Crippen molar-refractivity contribution in [1.29, 1.82) is 0 Å². The van der Waals surface area contributed by atoms with Gasteiger partial charge in [0.2, 0.25) is 0 Å². The minimum Gasteiger partial charge on any atom is -0.340 e. The number of nitrogens with zero attached hydrogens (tertiary/aromatic N) is 2. The van der Waals surface area contributed by atoms with Gasteiger partial charge < -0.3 is 10.2 Å². The third-order valence-corrected chi connectivity index (χ3v) is 3.88. The van der Waals surface area contributed by atoms with Gasteiger partial charge in [-0.2, -0.15) is 0 Å². The zero-order valence-corrected chi connectivity index (χ0v) is 11.7. The van der Waals surface area contributed by atoms with Crippen LogP contribution in [0.3, 0.4) is 0 Å². The van der Waals surface area contributed by atoms with Crippen LogP contribution < -0.4 is 5.32 Å². The second kappa shape index (κ2) is 5.59. The van der Waals surface area contributed by atoms with E-state index in [0.717, 1.165) is 36.0 Å². The van der Waals surface area contributed by atoms with Crippen molar-refractivity contribution in [3.63, 3.8) is 0 Å². The van der Waals surface area contributed by atoms with Crippen molar-refractivity contribution in [2.75, 3.05) is 20.1 Å². The fraction of sp³-hybridized carbons (Fsp3) is 0.375. The van der Waals surface area contributed by atoms with Gasteiger partial charge in [0.25, 0.3) is 5.91 Å². The van der Waals surface area contributed by atoms with Gasteiger partial charge >= 0.3 is 0 Å². The molecule has 20 heavy (non-hydrogen) atoms. The van der Waals surface area contributed by atoms with Gasteiger partial charge in [0, 0.05) is 36.8 Å². The topological polar surface area (TPSA) is 45.2 Å². The maximum absolute atomic E-state index is 12.6. The summed E-state index contributed by atoms with van der Waals surface area (Å²) in [5, 5.41) is 4.35. The Morgan fingerprint density at radius 2 is 2.30 bits per heavy atom. The number of nitrogens with one attached hydrogen (secondary N) is 1. The Morgan fingerprint density at radius 1 is 1.40 bits per heavy atom. The molecule has 1 fully saturated rings. The summed E-state index contributed by atoms with van der Waals surface area (Å²) in [6.45, 7) is 1.82. The van der Waals surface area contributed by atoms with E-state index in [1.54, 1.807) is 6.20 Å². The molecular formula is C16H19N3O. The fourth-order valence-corrected chi connectivity index (χ4v) is 2.82. The first-order chi connectivity index (χ1) is 9.75. The Balaban J connectivity index is 1.84. The summed E-state index contributed by atoms with van der Waals surface area (Å²) in [5.74, 6) is 0.0669. The lowest BCUT2D eigenvalue weighted by molar-refractivity contribution is 0.0786. The van der Waals surface area contributed by atoms with Crippen molar-refractivity contribution in [3.8, 4) is 0 Å². The normalized spacial score (nSPS) is 18.4. The molecule has 4 nitrogen and oxygen atoms in total. The Bertz CT molecular complexity index is 615. The summed E-state index contributed by atoms with van der Waals surface area (Å²) in [5.41, 5.74) is 1.60. The van der Waals surface area contributed by atoms with E-state index in [-0.39, 0.29) is 5.91 Å². The number of benzene rings is 1. The predicted molar refractivity (Wildman–Crippen MR) is 79.7 cm³/mol. The van der Waals surface area contributed by atoms with Crippen LogP contribution in [0.25, 0.3) is 10.9 Å². The van der Waals surface area contributed by atoms with Crippen molar-refractivity contribution in [2.45, 2.75) is 18.9 Å². The molecule has 0 bridgehead atoms. The van der Waals surface area contributed by atoms with Gasteiger partial charge in [-0.25, -0.2) is 0 Å². The Labute approximate surface area is 118 Å². The summed E-state index contributed by atoms with van der Waals surface area (Å²) in [6, 6.07) is 9.96. The van der Waals surface area contributed by atoms with Crippen LogP contribution in [0.2, 0.25) is 0 Å². The van der Waals surface area contributed by atoms with Gasteiger partial charge in [-0.05, 0) is 37.6 Å². The maximum Gasteiger partial charge on any atom is 0.254 e. The second-order valence-corrected chi connectivity index (χ2v) is 5.35. The molecule has 1 atom stereocenters. The van der Waals surface area contributed by atoms with E-state index in [1.165, 1.54) is 6.42 Å².